The Hall–Kier alpha value is -3.36. The fourth-order valence-corrected chi connectivity index (χ4v) is 5.74. The summed E-state index contributed by atoms with van der Waals surface area (Å²) in [6.07, 6.45) is 0. The van der Waals surface area contributed by atoms with E-state index in [1.807, 2.05) is 30.0 Å². The third-order valence-corrected chi connectivity index (χ3v) is 8.27. The van der Waals surface area contributed by atoms with Crippen molar-refractivity contribution in [2.24, 2.45) is 0 Å². The van der Waals surface area contributed by atoms with Crippen LogP contribution in [-0.4, -0.2) is 63.5 Å². The predicted octanol–water partition coefficient (Wildman–Crippen LogP) is 3.93. The van der Waals surface area contributed by atoms with Crippen LogP contribution in [-0.2, 0) is 21.4 Å². The van der Waals surface area contributed by atoms with Gasteiger partial charge in [-0.1, -0.05) is 48.0 Å². The van der Waals surface area contributed by atoms with Gasteiger partial charge in [0.1, 0.15) is 5.75 Å². The number of piperazine rings is 1. The molecule has 0 atom stereocenters. The fourth-order valence-electron chi connectivity index (χ4n) is 4.27. The molecule has 0 N–H and O–H groups in total. The molecule has 3 aromatic rings. The summed E-state index contributed by atoms with van der Waals surface area (Å²) in [6, 6.07) is 24.0. The Morgan fingerprint density at radius 2 is 1.53 bits per heavy atom. The maximum Gasteiger partial charge on any atom is 0.264 e. The molecule has 1 saturated heterocycles. The van der Waals surface area contributed by atoms with Crippen molar-refractivity contribution in [3.05, 3.63) is 90.0 Å². The molecule has 0 aromatic heterocycles. The molecule has 8 heteroatoms. The molecule has 0 bridgehead atoms. The van der Waals surface area contributed by atoms with E-state index in [9.17, 15) is 13.2 Å². The molecule has 0 unspecified atom stereocenters. The van der Waals surface area contributed by atoms with E-state index in [0.717, 1.165) is 25.2 Å². The molecule has 7 nitrogen and oxygen atoms in total. The number of nitrogens with zero attached hydrogens (tertiary/aromatic N) is 3. The number of carbonyl (C=O) groups excluding carboxylic acids is 1. The molecular formula is C28H33N3O4S. The van der Waals surface area contributed by atoms with Gasteiger partial charge in [-0.3, -0.25) is 14.0 Å². The first-order chi connectivity index (χ1) is 17.4. The van der Waals surface area contributed by atoms with Crippen LogP contribution >= 0.6 is 0 Å². The van der Waals surface area contributed by atoms with Crippen molar-refractivity contribution < 1.29 is 17.9 Å². The lowest BCUT2D eigenvalue weighted by Gasteiger charge is -2.34. The SMILES string of the molecule is CCN(c1ccc(OCC(=O)N2CCN(Cc3ccccc3)CC2)cc1)S(=O)(=O)c1ccc(C)cc1. The Labute approximate surface area is 214 Å². The molecule has 1 fully saturated rings. The Kier molecular flexibility index (Phi) is 8.28. The molecule has 1 amide bonds. The summed E-state index contributed by atoms with van der Waals surface area (Å²) < 4.78 is 33.3. The minimum atomic E-state index is -3.67. The number of rotatable bonds is 9. The van der Waals surface area contributed by atoms with Crippen LogP contribution in [0.5, 0.6) is 5.75 Å². The smallest absolute Gasteiger partial charge is 0.264 e. The second-order valence-electron chi connectivity index (χ2n) is 8.91. The maximum absolute atomic E-state index is 13.1. The molecular weight excluding hydrogens is 474 g/mol. The number of amides is 1. The van der Waals surface area contributed by atoms with Crippen molar-refractivity contribution in [1.29, 1.82) is 0 Å². The number of anilines is 1. The largest absolute Gasteiger partial charge is 0.484 e. The second kappa shape index (κ2) is 11.6. The zero-order chi connectivity index (χ0) is 25.5. The molecule has 1 aliphatic heterocycles. The molecule has 36 heavy (non-hydrogen) atoms. The predicted molar refractivity (Wildman–Crippen MR) is 142 cm³/mol. The molecule has 1 aliphatic rings. The van der Waals surface area contributed by atoms with E-state index >= 15 is 0 Å². The van der Waals surface area contributed by atoms with E-state index in [2.05, 4.69) is 17.0 Å². The van der Waals surface area contributed by atoms with E-state index in [-0.39, 0.29) is 17.4 Å². The highest BCUT2D eigenvalue weighted by Gasteiger charge is 2.24. The Morgan fingerprint density at radius 1 is 0.889 bits per heavy atom. The lowest BCUT2D eigenvalue weighted by Crippen LogP contribution is -2.49. The lowest BCUT2D eigenvalue weighted by atomic mass is 10.2. The number of ether oxygens (including phenoxy) is 1. The van der Waals surface area contributed by atoms with Crippen LogP contribution < -0.4 is 9.04 Å². The van der Waals surface area contributed by atoms with Crippen LogP contribution in [0.3, 0.4) is 0 Å². The van der Waals surface area contributed by atoms with Crippen LogP contribution in [0.1, 0.15) is 18.1 Å². The van der Waals surface area contributed by atoms with Gasteiger partial charge in [0.25, 0.3) is 15.9 Å². The minimum absolute atomic E-state index is 0.0445. The van der Waals surface area contributed by atoms with Gasteiger partial charge in [-0.15, -0.1) is 0 Å². The van der Waals surface area contributed by atoms with Gasteiger partial charge in [0.05, 0.1) is 10.6 Å². The highest BCUT2D eigenvalue weighted by Crippen LogP contribution is 2.26. The molecule has 1 heterocycles. The van der Waals surface area contributed by atoms with Gasteiger partial charge >= 0.3 is 0 Å². The van der Waals surface area contributed by atoms with Gasteiger partial charge in [0.15, 0.2) is 6.61 Å². The number of hydrogen-bond donors (Lipinski definition) is 0. The van der Waals surface area contributed by atoms with Crippen LogP contribution in [0.25, 0.3) is 0 Å². The van der Waals surface area contributed by atoms with Gasteiger partial charge in [-0.25, -0.2) is 8.42 Å². The average molecular weight is 508 g/mol. The monoisotopic (exact) mass is 507 g/mol. The molecule has 4 rings (SSSR count). The standard InChI is InChI=1S/C28H33N3O4S/c1-3-31(36(33,34)27-15-9-23(2)10-16-27)25-11-13-26(14-12-25)35-22-28(32)30-19-17-29(18-20-30)21-24-7-5-4-6-8-24/h4-16H,3,17-22H2,1-2H3. The van der Waals surface area contributed by atoms with Crippen LogP contribution in [0, 0.1) is 6.92 Å². The Morgan fingerprint density at radius 3 is 2.14 bits per heavy atom. The van der Waals surface area contributed by atoms with Crippen molar-refractivity contribution >= 4 is 21.6 Å². The quantitative estimate of drug-likeness (QED) is 0.439. The minimum Gasteiger partial charge on any atom is -0.484 e. The third kappa shape index (κ3) is 6.25. The van der Waals surface area contributed by atoms with Gasteiger partial charge in [0.2, 0.25) is 0 Å². The summed E-state index contributed by atoms with van der Waals surface area (Å²) in [5.41, 5.74) is 2.82. The van der Waals surface area contributed by atoms with E-state index in [1.165, 1.54) is 9.87 Å². The van der Waals surface area contributed by atoms with Crippen molar-refractivity contribution in [2.75, 3.05) is 43.6 Å². The summed E-state index contributed by atoms with van der Waals surface area (Å²) in [7, 11) is -3.67. The normalized spacial score (nSPS) is 14.4. The van der Waals surface area contributed by atoms with Gasteiger partial charge in [-0.2, -0.15) is 0 Å². The molecule has 190 valence electrons. The van der Waals surface area contributed by atoms with Gasteiger partial charge in [0, 0.05) is 39.3 Å². The molecule has 0 saturated carbocycles. The molecule has 0 spiro atoms. The average Bonchev–Trinajstić information content (AvgIpc) is 2.89. The topological polar surface area (TPSA) is 70.2 Å². The van der Waals surface area contributed by atoms with Gasteiger partial charge in [-0.05, 0) is 55.8 Å². The Balaban J connectivity index is 1.29. The van der Waals surface area contributed by atoms with Crippen molar-refractivity contribution in [1.82, 2.24) is 9.80 Å². The van der Waals surface area contributed by atoms with Crippen molar-refractivity contribution in [2.45, 2.75) is 25.3 Å². The first-order valence-electron chi connectivity index (χ1n) is 12.2. The van der Waals surface area contributed by atoms with E-state index in [0.29, 0.717) is 31.1 Å². The molecule has 0 aliphatic carbocycles. The first kappa shape index (κ1) is 25.7. The number of carbonyl (C=O) groups is 1. The first-order valence-corrected chi connectivity index (χ1v) is 13.7. The summed E-state index contributed by atoms with van der Waals surface area (Å²) in [4.78, 5) is 17.1. The van der Waals surface area contributed by atoms with Crippen molar-refractivity contribution in [3.8, 4) is 5.75 Å². The van der Waals surface area contributed by atoms with Gasteiger partial charge < -0.3 is 9.64 Å². The second-order valence-corrected chi connectivity index (χ2v) is 10.8. The summed E-state index contributed by atoms with van der Waals surface area (Å²) in [5, 5.41) is 0. The molecule has 0 radical (unpaired) electrons. The van der Waals surface area contributed by atoms with E-state index in [4.69, 9.17) is 4.74 Å². The zero-order valence-electron chi connectivity index (χ0n) is 20.8. The van der Waals surface area contributed by atoms with Crippen LogP contribution in [0.2, 0.25) is 0 Å². The number of benzene rings is 3. The molecule has 3 aromatic carbocycles. The number of hydrogen-bond acceptors (Lipinski definition) is 5. The van der Waals surface area contributed by atoms with Crippen LogP contribution in [0.4, 0.5) is 5.69 Å². The van der Waals surface area contributed by atoms with Crippen LogP contribution in [0.15, 0.2) is 83.8 Å². The Bertz CT molecular complexity index is 1240. The number of aryl methyl sites for hydroxylation is 1. The van der Waals surface area contributed by atoms with E-state index in [1.54, 1.807) is 55.5 Å². The highest BCUT2D eigenvalue weighted by molar-refractivity contribution is 7.92. The maximum atomic E-state index is 13.1. The highest BCUT2D eigenvalue weighted by atomic mass is 32.2. The zero-order valence-corrected chi connectivity index (χ0v) is 21.7. The lowest BCUT2D eigenvalue weighted by molar-refractivity contribution is -0.135. The summed E-state index contributed by atoms with van der Waals surface area (Å²) in [5.74, 6) is 0.481. The van der Waals surface area contributed by atoms with Crippen molar-refractivity contribution in [3.63, 3.8) is 0 Å². The summed E-state index contributed by atoms with van der Waals surface area (Å²) in [6.45, 7) is 7.88. The third-order valence-electron chi connectivity index (χ3n) is 6.36. The van der Waals surface area contributed by atoms with E-state index < -0.39 is 10.0 Å². The summed E-state index contributed by atoms with van der Waals surface area (Å²) >= 11 is 0. The fraction of sp³-hybridized carbons (Fsp3) is 0.321. The number of sulfonamides is 1.